The molecule has 0 aliphatic heterocycles. The molecule has 7 heteroatoms. The molecule has 0 saturated heterocycles. The fourth-order valence-electron chi connectivity index (χ4n) is 1.18. The highest BCUT2D eigenvalue weighted by Crippen LogP contribution is 2.11. The van der Waals surface area contributed by atoms with Gasteiger partial charge < -0.3 is 5.11 Å². The van der Waals surface area contributed by atoms with E-state index in [0.29, 0.717) is 6.54 Å². The maximum Gasteiger partial charge on any atom is 0.335 e. The summed E-state index contributed by atoms with van der Waals surface area (Å²) < 4.78 is 27.9. The third kappa shape index (κ3) is 4.72. The predicted octanol–water partition coefficient (Wildman–Crippen LogP) is 1.29. The molecule has 0 amide bonds. The Balaban J connectivity index is 2.78. The molecule has 18 heavy (non-hydrogen) atoms. The van der Waals surface area contributed by atoms with Gasteiger partial charge in [0.2, 0.25) is 0 Å². The van der Waals surface area contributed by atoms with Crippen LogP contribution in [0.15, 0.2) is 24.3 Å². The normalized spacial score (nSPS) is 11.5. The lowest BCUT2D eigenvalue weighted by Crippen LogP contribution is -2.32. The van der Waals surface area contributed by atoms with Crippen LogP contribution in [0.3, 0.4) is 0 Å². The topological polar surface area (TPSA) is 95.5 Å². The summed E-state index contributed by atoms with van der Waals surface area (Å²) >= 11 is 0. The molecule has 6 nitrogen and oxygen atoms in total. The molecule has 0 aliphatic carbocycles. The molecular weight excluding hydrogens is 256 g/mol. The summed E-state index contributed by atoms with van der Waals surface area (Å²) in [6, 6.07) is 5.61. The molecule has 0 fully saturated rings. The summed E-state index contributed by atoms with van der Waals surface area (Å²) in [5.41, 5.74) is 0.241. The van der Waals surface area contributed by atoms with E-state index in [1.807, 2.05) is 13.8 Å². The third-order valence-electron chi connectivity index (χ3n) is 2.04. The Morgan fingerprint density at radius 2 is 2.06 bits per heavy atom. The number of carbonyl (C=O) groups is 1. The molecule has 1 aromatic carbocycles. The lowest BCUT2D eigenvalue weighted by molar-refractivity contribution is 0.0697. The Labute approximate surface area is 106 Å². The van der Waals surface area contributed by atoms with Gasteiger partial charge in [0.05, 0.1) is 11.3 Å². The molecule has 0 saturated carbocycles. The highest BCUT2D eigenvalue weighted by Gasteiger charge is 2.11. The molecule has 0 radical (unpaired) electrons. The van der Waals surface area contributed by atoms with E-state index in [1.165, 1.54) is 24.3 Å². The van der Waals surface area contributed by atoms with E-state index in [1.54, 1.807) is 0 Å². The predicted molar refractivity (Wildman–Crippen MR) is 68.8 cm³/mol. The van der Waals surface area contributed by atoms with Gasteiger partial charge in [0.25, 0.3) is 10.2 Å². The second kappa shape index (κ2) is 5.83. The van der Waals surface area contributed by atoms with Crippen LogP contribution in [0.5, 0.6) is 0 Å². The molecular formula is C11H16N2O4S. The second-order valence-corrected chi connectivity index (χ2v) is 5.73. The minimum Gasteiger partial charge on any atom is -0.478 e. The van der Waals surface area contributed by atoms with Crippen LogP contribution >= 0.6 is 0 Å². The molecule has 100 valence electrons. The summed E-state index contributed by atoms with van der Waals surface area (Å²) in [7, 11) is -3.67. The second-order valence-electron chi connectivity index (χ2n) is 4.23. The smallest absolute Gasteiger partial charge is 0.335 e. The van der Waals surface area contributed by atoms with Gasteiger partial charge in [-0.2, -0.15) is 13.1 Å². The Morgan fingerprint density at radius 1 is 1.39 bits per heavy atom. The van der Waals surface area contributed by atoms with E-state index in [0.717, 1.165) is 0 Å². The van der Waals surface area contributed by atoms with E-state index in [-0.39, 0.29) is 17.2 Å². The minimum atomic E-state index is -3.67. The number of carboxylic acid groups (broad SMARTS) is 1. The van der Waals surface area contributed by atoms with Crippen LogP contribution in [0.4, 0.5) is 5.69 Å². The molecule has 1 aromatic rings. The van der Waals surface area contributed by atoms with Crippen LogP contribution < -0.4 is 9.44 Å². The Kier molecular flexibility index (Phi) is 4.69. The molecule has 0 atom stereocenters. The van der Waals surface area contributed by atoms with Gasteiger partial charge in [0.15, 0.2) is 0 Å². The van der Waals surface area contributed by atoms with Crippen molar-refractivity contribution >= 4 is 21.9 Å². The van der Waals surface area contributed by atoms with Crippen LogP contribution in [0.1, 0.15) is 24.2 Å². The van der Waals surface area contributed by atoms with Crippen molar-refractivity contribution in [3.8, 4) is 0 Å². The molecule has 3 N–H and O–H groups in total. The van der Waals surface area contributed by atoms with Gasteiger partial charge in [-0.15, -0.1) is 0 Å². The van der Waals surface area contributed by atoms with Crippen molar-refractivity contribution in [2.45, 2.75) is 13.8 Å². The monoisotopic (exact) mass is 272 g/mol. The van der Waals surface area contributed by atoms with Crippen LogP contribution in [-0.4, -0.2) is 26.0 Å². The van der Waals surface area contributed by atoms with E-state index in [2.05, 4.69) is 9.44 Å². The number of benzene rings is 1. The maximum atomic E-state index is 11.6. The molecule has 0 bridgehead atoms. The van der Waals surface area contributed by atoms with Gasteiger partial charge in [-0.25, -0.2) is 4.79 Å². The number of nitrogens with one attached hydrogen (secondary N) is 2. The van der Waals surface area contributed by atoms with Crippen LogP contribution in [-0.2, 0) is 10.2 Å². The Morgan fingerprint density at radius 3 is 2.61 bits per heavy atom. The Bertz CT molecular complexity index is 526. The number of carboxylic acids is 1. The minimum absolute atomic E-state index is 0.0269. The first kappa shape index (κ1) is 14.5. The van der Waals surface area contributed by atoms with Crippen LogP contribution in [0, 0.1) is 5.92 Å². The van der Waals surface area contributed by atoms with E-state index >= 15 is 0 Å². The van der Waals surface area contributed by atoms with Crippen molar-refractivity contribution in [2.75, 3.05) is 11.3 Å². The first-order valence-corrected chi connectivity index (χ1v) is 6.89. The summed E-state index contributed by atoms with van der Waals surface area (Å²) in [5.74, 6) is -0.918. The summed E-state index contributed by atoms with van der Waals surface area (Å²) in [4.78, 5) is 10.7. The first-order chi connectivity index (χ1) is 8.30. The van der Waals surface area contributed by atoms with Gasteiger partial charge in [-0.05, 0) is 24.1 Å². The SMILES string of the molecule is CC(C)CNS(=O)(=O)Nc1cccc(C(=O)O)c1. The fourth-order valence-corrected chi connectivity index (χ4v) is 2.25. The van der Waals surface area contributed by atoms with E-state index < -0.39 is 16.2 Å². The van der Waals surface area contributed by atoms with Gasteiger partial charge >= 0.3 is 5.97 Å². The van der Waals surface area contributed by atoms with Crippen molar-refractivity contribution in [3.05, 3.63) is 29.8 Å². The van der Waals surface area contributed by atoms with Crippen LogP contribution in [0.2, 0.25) is 0 Å². The average Bonchev–Trinajstić information content (AvgIpc) is 2.26. The van der Waals surface area contributed by atoms with E-state index in [9.17, 15) is 13.2 Å². The van der Waals surface area contributed by atoms with Gasteiger partial charge in [0, 0.05) is 6.54 Å². The van der Waals surface area contributed by atoms with Gasteiger partial charge in [-0.1, -0.05) is 19.9 Å². The number of aromatic carboxylic acids is 1. The van der Waals surface area contributed by atoms with Crippen molar-refractivity contribution in [1.29, 1.82) is 0 Å². The Hall–Kier alpha value is -1.60. The summed E-state index contributed by atoms with van der Waals surface area (Å²) in [6.45, 7) is 4.08. The number of rotatable bonds is 6. The zero-order valence-electron chi connectivity index (χ0n) is 10.2. The van der Waals surface area contributed by atoms with E-state index in [4.69, 9.17) is 5.11 Å². The van der Waals surface area contributed by atoms with Gasteiger partial charge in [0.1, 0.15) is 0 Å². The molecule has 0 aromatic heterocycles. The first-order valence-electron chi connectivity index (χ1n) is 5.41. The highest BCUT2D eigenvalue weighted by atomic mass is 32.2. The molecule has 0 spiro atoms. The lowest BCUT2D eigenvalue weighted by atomic mass is 10.2. The molecule has 1 rings (SSSR count). The molecule has 0 unspecified atom stereocenters. The molecule has 0 heterocycles. The fraction of sp³-hybridized carbons (Fsp3) is 0.364. The number of hydrogen-bond donors (Lipinski definition) is 3. The summed E-state index contributed by atoms with van der Waals surface area (Å²) in [6.07, 6.45) is 0. The quantitative estimate of drug-likeness (QED) is 0.727. The molecule has 0 aliphatic rings. The zero-order valence-corrected chi connectivity index (χ0v) is 11.0. The zero-order chi connectivity index (χ0) is 13.8. The maximum absolute atomic E-state index is 11.6. The largest absolute Gasteiger partial charge is 0.478 e. The summed E-state index contributed by atoms with van der Waals surface area (Å²) in [5, 5.41) is 8.79. The van der Waals surface area contributed by atoms with Crippen molar-refractivity contribution < 1.29 is 18.3 Å². The lowest BCUT2D eigenvalue weighted by Gasteiger charge is -2.11. The standard InChI is InChI=1S/C11H16N2O4S/c1-8(2)7-12-18(16,17)13-10-5-3-4-9(6-10)11(14)15/h3-6,8,12-13H,7H2,1-2H3,(H,14,15). The highest BCUT2D eigenvalue weighted by molar-refractivity contribution is 7.90. The third-order valence-corrected chi connectivity index (χ3v) is 3.09. The number of hydrogen-bond acceptors (Lipinski definition) is 3. The van der Waals surface area contributed by atoms with Crippen molar-refractivity contribution in [3.63, 3.8) is 0 Å². The van der Waals surface area contributed by atoms with Gasteiger partial charge in [-0.3, -0.25) is 4.72 Å². The van der Waals surface area contributed by atoms with Crippen LogP contribution in [0.25, 0.3) is 0 Å². The van der Waals surface area contributed by atoms with Crippen molar-refractivity contribution in [2.24, 2.45) is 5.92 Å². The van der Waals surface area contributed by atoms with Crippen molar-refractivity contribution in [1.82, 2.24) is 4.72 Å². The number of anilines is 1. The average molecular weight is 272 g/mol.